The third-order valence-corrected chi connectivity index (χ3v) is 2.86. The van der Waals surface area contributed by atoms with Crippen molar-refractivity contribution in [3.8, 4) is 0 Å². The number of nitrogens with zero attached hydrogens (tertiary/aromatic N) is 2. The van der Waals surface area contributed by atoms with E-state index in [9.17, 15) is 20.0 Å². The number of carbonyl (C=O) groups is 1. The smallest absolute Gasteiger partial charge is 0.333 e. The first-order valence-electron chi connectivity index (χ1n) is 4.58. The van der Waals surface area contributed by atoms with Crippen LogP contribution < -0.4 is 0 Å². The molecule has 0 radical (unpaired) electrons. The predicted octanol–water partition coefficient (Wildman–Crippen LogP) is -0.205. The maximum absolute atomic E-state index is 10.7. The van der Waals surface area contributed by atoms with E-state index in [2.05, 4.69) is 10.2 Å². The first-order valence-corrected chi connectivity index (χ1v) is 4.58. The minimum absolute atomic E-state index is 0.0902. The normalized spacial score (nSPS) is 19.1. The van der Waals surface area contributed by atoms with Crippen LogP contribution in [-0.4, -0.2) is 37.4 Å². The van der Waals surface area contributed by atoms with Crippen molar-refractivity contribution in [2.24, 2.45) is 0 Å². The number of aromatic amines is 1. The van der Waals surface area contributed by atoms with Crippen molar-refractivity contribution in [3.63, 3.8) is 0 Å². The number of rotatable bonds is 4. The Balaban J connectivity index is 2.41. The van der Waals surface area contributed by atoms with E-state index in [1.54, 1.807) is 0 Å². The molecule has 1 fully saturated rings. The second-order valence-electron chi connectivity index (χ2n) is 3.78. The summed E-state index contributed by atoms with van der Waals surface area (Å²) in [5.74, 6) is -1.39. The van der Waals surface area contributed by atoms with E-state index >= 15 is 0 Å². The van der Waals surface area contributed by atoms with Gasteiger partial charge in [-0.15, -0.1) is 0 Å². The zero-order chi connectivity index (χ0) is 11.9. The largest absolute Gasteiger partial charge is 0.479 e. The summed E-state index contributed by atoms with van der Waals surface area (Å²) in [5, 5.41) is 34.9. The van der Waals surface area contributed by atoms with Crippen molar-refractivity contribution < 1.29 is 19.9 Å². The molecule has 1 atom stereocenters. The van der Waals surface area contributed by atoms with Crippen LogP contribution in [0.1, 0.15) is 18.5 Å². The quantitative estimate of drug-likeness (QED) is 0.482. The standard InChI is InChI=1S/C8H9N3O5/c12-6(7(13)14)8(1-2-8)5-4(11(15)16)3-9-10-5/h3,6,12H,1-2H2,(H,9,10)(H,13,14). The Bertz CT molecular complexity index is 450. The van der Waals surface area contributed by atoms with Crippen LogP contribution in [0.2, 0.25) is 0 Å². The third-order valence-electron chi connectivity index (χ3n) is 2.86. The van der Waals surface area contributed by atoms with Crippen molar-refractivity contribution in [2.75, 3.05) is 0 Å². The molecule has 1 heterocycles. The number of aliphatic carboxylic acids is 1. The second-order valence-corrected chi connectivity index (χ2v) is 3.78. The van der Waals surface area contributed by atoms with Crippen LogP contribution in [0, 0.1) is 10.1 Å². The van der Waals surface area contributed by atoms with Crippen molar-refractivity contribution in [3.05, 3.63) is 22.0 Å². The van der Waals surface area contributed by atoms with Gasteiger partial charge in [0.1, 0.15) is 11.9 Å². The lowest BCUT2D eigenvalue weighted by atomic mass is 9.94. The van der Waals surface area contributed by atoms with Gasteiger partial charge in [0.2, 0.25) is 0 Å². The van der Waals surface area contributed by atoms with Crippen LogP contribution in [0.3, 0.4) is 0 Å². The van der Waals surface area contributed by atoms with E-state index in [1.807, 2.05) is 0 Å². The number of hydrogen-bond acceptors (Lipinski definition) is 5. The molecule has 16 heavy (non-hydrogen) atoms. The summed E-state index contributed by atoms with van der Waals surface area (Å²) in [6, 6.07) is 0. The molecule has 1 aliphatic rings. The topological polar surface area (TPSA) is 129 Å². The van der Waals surface area contributed by atoms with Gasteiger partial charge in [-0.1, -0.05) is 0 Å². The molecule has 0 aliphatic heterocycles. The van der Waals surface area contributed by atoms with E-state index in [4.69, 9.17) is 5.11 Å². The van der Waals surface area contributed by atoms with Gasteiger partial charge in [0.15, 0.2) is 6.10 Å². The van der Waals surface area contributed by atoms with E-state index < -0.39 is 22.4 Å². The van der Waals surface area contributed by atoms with Crippen molar-refractivity contribution in [2.45, 2.75) is 24.4 Å². The Morgan fingerprint density at radius 3 is 2.75 bits per heavy atom. The number of hydrogen-bond donors (Lipinski definition) is 3. The molecule has 0 bridgehead atoms. The molecule has 0 aromatic carbocycles. The van der Waals surface area contributed by atoms with Gasteiger partial charge in [0, 0.05) is 0 Å². The highest BCUT2D eigenvalue weighted by Crippen LogP contribution is 2.52. The molecule has 1 saturated carbocycles. The SMILES string of the molecule is O=C(O)C(O)C1(c2[nH]ncc2[N+](=O)[O-])CC1. The molecular formula is C8H9N3O5. The molecule has 0 saturated heterocycles. The van der Waals surface area contributed by atoms with E-state index in [0.29, 0.717) is 12.8 Å². The molecular weight excluding hydrogens is 218 g/mol. The van der Waals surface area contributed by atoms with Crippen LogP contribution in [0.25, 0.3) is 0 Å². The van der Waals surface area contributed by atoms with Crippen LogP contribution in [-0.2, 0) is 10.2 Å². The fraction of sp³-hybridized carbons (Fsp3) is 0.500. The van der Waals surface area contributed by atoms with Gasteiger partial charge in [-0.2, -0.15) is 5.10 Å². The minimum Gasteiger partial charge on any atom is -0.479 e. The molecule has 0 spiro atoms. The van der Waals surface area contributed by atoms with Crippen LogP contribution in [0.15, 0.2) is 6.20 Å². The second kappa shape index (κ2) is 3.27. The summed E-state index contributed by atoms with van der Waals surface area (Å²) < 4.78 is 0. The highest BCUT2D eigenvalue weighted by atomic mass is 16.6. The van der Waals surface area contributed by atoms with Gasteiger partial charge in [-0.3, -0.25) is 15.2 Å². The van der Waals surface area contributed by atoms with Gasteiger partial charge in [0.05, 0.1) is 10.3 Å². The third kappa shape index (κ3) is 1.34. The summed E-state index contributed by atoms with van der Waals surface area (Å²) >= 11 is 0. The van der Waals surface area contributed by atoms with Crippen LogP contribution >= 0.6 is 0 Å². The molecule has 1 aliphatic carbocycles. The summed E-state index contributed by atoms with van der Waals surface area (Å²) in [7, 11) is 0. The van der Waals surface area contributed by atoms with Crippen molar-refractivity contribution in [1.29, 1.82) is 0 Å². The first kappa shape index (κ1) is 10.6. The highest BCUT2D eigenvalue weighted by Gasteiger charge is 2.57. The van der Waals surface area contributed by atoms with Crippen molar-refractivity contribution >= 4 is 11.7 Å². The molecule has 1 unspecified atom stereocenters. The zero-order valence-corrected chi connectivity index (χ0v) is 8.08. The number of aliphatic hydroxyl groups is 1. The van der Waals surface area contributed by atoms with Crippen LogP contribution in [0.4, 0.5) is 5.69 Å². The summed E-state index contributed by atoms with van der Waals surface area (Å²) in [6.07, 6.45) is 0.156. The number of nitrogens with one attached hydrogen (secondary N) is 1. The summed E-state index contributed by atoms with van der Waals surface area (Å²) in [6.45, 7) is 0. The van der Waals surface area contributed by atoms with Crippen molar-refractivity contribution in [1.82, 2.24) is 10.2 Å². The highest BCUT2D eigenvalue weighted by molar-refractivity contribution is 5.76. The predicted molar refractivity (Wildman–Crippen MR) is 49.8 cm³/mol. The fourth-order valence-electron chi connectivity index (χ4n) is 1.82. The number of carboxylic acid groups (broad SMARTS) is 1. The fourth-order valence-corrected chi connectivity index (χ4v) is 1.82. The van der Waals surface area contributed by atoms with Gasteiger partial charge in [0.25, 0.3) is 0 Å². The maximum atomic E-state index is 10.7. The average Bonchev–Trinajstić information content (AvgIpc) is 2.86. The number of nitro groups is 1. The number of aromatic nitrogens is 2. The van der Waals surface area contributed by atoms with Gasteiger partial charge >= 0.3 is 11.7 Å². The van der Waals surface area contributed by atoms with E-state index in [0.717, 1.165) is 6.20 Å². The Kier molecular flexibility index (Phi) is 2.16. The first-order chi connectivity index (χ1) is 7.49. The Labute approximate surface area is 89.1 Å². The molecule has 2 rings (SSSR count). The Morgan fingerprint density at radius 2 is 2.31 bits per heavy atom. The molecule has 3 N–H and O–H groups in total. The molecule has 8 nitrogen and oxygen atoms in total. The number of H-pyrrole nitrogens is 1. The molecule has 0 amide bonds. The maximum Gasteiger partial charge on any atom is 0.333 e. The summed E-state index contributed by atoms with van der Waals surface area (Å²) in [4.78, 5) is 20.7. The number of carboxylic acids is 1. The number of aliphatic hydroxyl groups excluding tert-OH is 1. The van der Waals surface area contributed by atoms with Crippen LogP contribution in [0.5, 0.6) is 0 Å². The Hall–Kier alpha value is -1.96. The van der Waals surface area contributed by atoms with Gasteiger partial charge in [-0.25, -0.2) is 4.79 Å². The van der Waals surface area contributed by atoms with Gasteiger partial charge < -0.3 is 10.2 Å². The molecule has 1 aromatic heterocycles. The molecule has 8 heteroatoms. The minimum atomic E-state index is -1.65. The zero-order valence-electron chi connectivity index (χ0n) is 8.08. The summed E-state index contributed by atoms with van der Waals surface area (Å²) in [5.41, 5.74) is -1.27. The molecule has 86 valence electrons. The van der Waals surface area contributed by atoms with E-state index in [1.165, 1.54) is 0 Å². The monoisotopic (exact) mass is 227 g/mol. The van der Waals surface area contributed by atoms with E-state index in [-0.39, 0.29) is 11.4 Å². The Morgan fingerprint density at radius 1 is 1.69 bits per heavy atom. The van der Waals surface area contributed by atoms with Gasteiger partial charge in [-0.05, 0) is 12.8 Å². The average molecular weight is 227 g/mol. The lowest BCUT2D eigenvalue weighted by molar-refractivity contribution is -0.386. The molecule has 1 aromatic rings. The lowest BCUT2D eigenvalue weighted by Gasteiger charge is -2.15. The lowest BCUT2D eigenvalue weighted by Crippen LogP contribution is -2.34.